The lowest BCUT2D eigenvalue weighted by Crippen LogP contribution is -2.40. The number of aryl methyl sites for hydroxylation is 2. The molecule has 27 heavy (non-hydrogen) atoms. The number of aliphatic imine (C=N–C) groups is 1. The van der Waals surface area contributed by atoms with Gasteiger partial charge in [0.1, 0.15) is 0 Å². The van der Waals surface area contributed by atoms with Gasteiger partial charge in [0.15, 0.2) is 5.96 Å². The first kappa shape index (κ1) is 17.6. The standard InChI is InChI=1S/C21H28N6/c1-22-21(27-13-9-18(16-27)19-14-24-25(2)15-19)23-10-5-11-26-12-8-17-6-3-4-7-20(17)26/h3-4,6-8,12,14-15,18H,5,9-11,13,16H2,1-2H3,(H,22,23). The monoisotopic (exact) mass is 364 g/mol. The van der Waals surface area contributed by atoms with Crippen molar-refractivity contribution < 1.29 is 0 Å². The molecular formula is C21H28N6. The third kappa shape index (κ3) is 3.84. The first-order chi connectivity index (χ1) is 13.2. The van der Waals surface area contributed by atoms with Gasteiger partial charge in [-0.1, -0.05) is 18.2 Å². The maximum atomic E-state index is 4.49. The number of benzene rings is 1. The van der Waals surface area contributed by atoms with E-state index in [1.54, 1.807) is 0 Å². The zero-order valence-corrected chi connectivity index (χ0v) is 16.2. The van der Waals surface area contributed by atoms with E-state index < -0.39 is 0 Å². The van der Waals surface area contributed by atoms with Crippen LogP contribution in [0.5, 0.6) is 0 Å². The van der Waals surface area contributed by atoms with E-state index in [0.29, 0.717) is 5.92 Å². The summed E-state index contributed by atoms with van der Waals surface area (Å²) in [6.07, 6.45) is 8.52. The molecule has 1 unspecified atom stereocenters. The number of fused-ring (bicyclic) bond motifs is 1. The van der Waals surface area contributed by atoms with E-state index in [1.165, 1.54) is 16.5 Å². The van der Waals surface area contributed by atoms with Crippen molar-refractivity contribution in [3.05, 3.63) is 54.5 Å². The summed E-state index contributed by atoms with van der Waals surface area (Å²) in [4.78, 5) is 6.86. The van der Waals surface area contributed by atoms with Crippen molar-refractivity contribution in [1.29, 1.82) is 0 Å². The third-order valence-electron chi connectivity index (χ3n) is 5.43. The van der Waals surface area contributed by atoms with Gasteiger partial charge in [-0.3, -0.25) is 9.67 Å². The highest BCUT2D eigenvalue weighted by Crippen LogP contribution is 2.26. The summed E-state index contributed by atoms with van der Waals surface area (Å²) in [7, 11) is 3.85. The van der Waals surface area contributed by atoms with E-state index in [1.807, 2.05) is 25.0 Å². The van der Waals surface area contributed by atoms with Crippen LogP contribution in [0.4, 0.5) is 0 Å². The SMILES string of the molecule is CN=C(NCCCn1ccc2ccccc21)N1CCC(c2cnn(C)c2)C1. The first-order valence-electron chi connectivity index (χ1n) is 9.72. The Hall–Kier alpha value is -2.76. The van der Waals surface area contributed by atoms with E-state index >= 15 is 0 Å². The molecule has 1 N–H and O–H groups in total. The van der Waals surface area contributed by atoms with E-state index in [-0.39, 0.29) is 0 Å². The number of hydrogen-bond donors (Lipinski definition) is 1. The molecule has 1 aliphatic heterocycles. The van der Waals surface area contributed by atoms with Gasteiger partial charge < -0.3 is 14.8 Å². The lowest BCUT2D eigenvalue weighted by molar-refractivity contribution is 0.482. The Kier molecular flexibility index (Phi) is 5.14. The Labute approximate surface area is 160 Å². The molecule has 1 aromatic carbocycles. The van der Waals surface area contributed by atoms with Crippen LogP contribution < -0.4 is 5.32 Å². The Balaban J connectivity index is 1.27. The molecule has 0 spiro atoms. The fourth-order valence-corrected chi connectivity index (χ4v) is 3.99. The van der Waals surface area contributed by atoms with Crippen molar-refractivity contribution in [1.82, 2.24) is 24.6 Å². The van der Waals surface area contributed by atoms with Crippen molar-refractivity contribution in [3.8, 4) is 0 Å². The average Bonchev–Trinajstić information content (AvgIpc) is 3.41. The van der Waals surface area contributed by atoms with Crippen molar-refractivity contribution in [2.45, 2.75) is 25.3 Å². The van der Waals surface area contributed by atoms with Gasteiger partial charge in [0, 0.05) is 64.1 Å². The molecule has 6 nitrogen and oxygen atoms in total. The van der Waals surface area contributed by atoms with Gasteiger partial charge in [-0.25, -0.2) is 0 Å². The number of nitrogens with one attached hydrogen (secondary N) is 1. The van der Waals surface area contributed by atoms with Gasteiger partial charge in [0.05, 0.1) is 6.20 Å². The lowest BCUT2D eigenvalue weighted by atomic mass is 10.0. The molecule has 4 rings (SSSR count). The highest BCUT2D eigenvalue weighted by atomic mass is 15.3. The maximum absolute atomic E-state index is 4.49. The minimum Gasteiger partial charge on any atom is -0.356 e. The summed E-state index contributed by atoms with van der Waals surface area (Å²) in [5.41, 5.74) is 2.63. The van der Waals surface area contributed by atoms with Gasteiger partial charge >= 0.3 is 0 Å². The Morgan fingerprint density at radius 1 is 1.30 bits per heavy atom. The number of aromatic nitrogens is 3. The topological polar surface area (TPSA) is 50.4 Å². The molecule has 1 atom stereocenters. The van der Waals surface area contributed by atoms with Crippen LogP contribution >= 0.6 is 0 Å². The molecule has 2 aromatic heterocycles. The number of guanidine groups is 1. The van der Waals surface area contributed by atoms with Crippen LogP contribution in [0.2, 0.25) is 0 Å². The van der Waals surface area contributed by atoms with E-state index in [9.17, 15) is 0 Å². The van der Waals surface area contributed by atoms with Crippen molar-refractivity contribution in [3.63, 3.8) is 0 Å². The van der Waals surface area contributed by atoms with E-state index in [0.717, 1.165) is 45.0 Å². The van der Waals surface area contributed by atoms with Gasteiger partial charge in [-0.2, -0.15) is 5.10 Å². The van der Waals surface area contributed by atoms with Crippen LogP contribution in [0.3, 0.4) is 0 Å². The summed E-state index contributed by atoms with van der Waals surface area (Å²) in [6, 6.07) is 10.7. The fourth-order valence-electron chi connectivity index (χ4n) is 3.99. The van der Waals surface area contributed by atoms with Crippen LogP contribution in [0.1, 0.15) is 24.3 Å². The Morgan fingerprint density at radius 2 is 2.19 bits per heavy atom. The molecule has 0 radical (unpaired) electrons. The number of para-hydroxylation sites is 1. The molecule has 3 aromatic rings. The van der Waals surface area contributed by atoms with E-state index in [4.69, 9.17) is 0 Å². The highest BCUT2D eigenvalue weighted by molar-refractivity contribution is 5.80. The molecule has 3 heterocycles. The summed E-state index contributed by atoms with van der Waals surface area (Å²) >= 11 is 0. The zero-order chi connectivity index (χ0) is 18.6. The number of nitrogens with zero attached hydrogens (tertiary/aromatic N) is 5. The molecule has 1 aliphatic rings. The highest BCUT2D eigenvalue weighted by Gasteiger charge is 2.26. The predicted molar refractivity (Wildman–Crippen MR) is 110 cm³/mol. The van der Waals surface area contributed by atoms with Crippen LogP contribution in [0.15, 0.2) is 53.9 Å². The smallest absolute Gasteiger partial charge is 0.193 e. The average molecular weight is 364 g/mol. The van der Waals surface area contributed by atoms with Crippen LogP contribution in [-0.2, 0) is 13.6 Å². The Bertz CT molecular complexity index is 922. The summed E-state index contributed by atoms with van der Waals surface area (Å²) in [5.74, 6) is 1.56. The summed E-state index contributed by atoms with van der Waals surface area (Å²) in [5, 5.41) is 9.15. The van der Waals surface area contributed by atoms with Crippen LogP contribution in [-0.4, -0.2) is 51.9 Å². The molecule has 0 amide bonds. The van der Waals surface area contributed by atoms with Gasteiger partial charge in [0.25, 0.3) is 0 Å². The van der Waals surface area contributed by atoms with Crippen molar-refractivity contribution >= 4 is 16.9 Å². The maximum Gasteiger partial charge on any atom is 0.193 e. The Morgan fingerprint density at radius 3 is 3.00 bits per heavy atom. The lowest BCUT2D eigenvalue weighted by Gasteiger charge is -2.21. The molecular weight excluding hydrogens is 336 g/mol. The second kappa shape index (κ2) is 7.86. The number of likely N-dealkylation sites (tertiary alicyclic amines) is 1. The number of hydrogen-bond acceptors (Lipinski definition) is 2. The molecule has 0 aliphatic carbocycles. The minimum atomic E-state index is 0.545. The van der Waals surface area contributed by atoms with Gasteiger partial charge in [-0.15, -0.1) is 0 Å². The molecule has 0 saturated carbocycles. The molecule has 6 heteroatoms. The second-order valence-corrected chi connectivity index (χ2v) is 7.27. The molecule has 142 valence electrons. The zero-order valence-electron chi connectivity index (χ0n) is 16.2. The summed E-state index contributed by atoms with van der Waals surface area (Å²) in [6.45, 7) is 3.98. The quantitative estimate of drug-likeness (QED) is 0.430. The van der Waals surface area contributed by atoms with Crippen LogP contribution in [0.25, 0.3) is 10.9 Å². The largest absolute Gasteiger partial charge is 0.356 e. The second-order valence-electron chi connectivity index (χ2n) is 7.27. The van der Waals surface area contributed by atoms with Crippen molar-refractivity contribution in [2.24, 2.45) is 12.0 Å². The van der Waals surface area contributed by atoms with E-state index in [2.05, 4.69) is 67.6 Å². The first-order valence-corrected chi connectivity index (χ1v) is 9.72. The molecule has 1 saturated heterocycles. The third-order valence-corrected chi connectivity index (χ3v) is 5.43. The van der Waals surface area contributed by atoms with Gasteiger partial charge in [0.2, 0.25) is 0 Å². The number of rotatable bonds is 5. The van der Waals surface area contributed by atoms with Crippen molar-refractivity contribution in [2.75, 3.05) is 26.7 Å². The van der Waals surface area contributed by atoms with Crippen LogP contribution in [0, 0.1) is 0 Å². The summed E-state index contributed by atoms with van der Waals surface area (Å²) < 4.78 is 4.21. The normalized spacial score (nSPS) is 17.8. The molecule has 0 bridgehead atoms. The van der Waals surface area contributed by atoms with Gasteiger partial charge in [-0.05, 0) is 35.9 Å². The minimum absolute atomic E-state index is 0.545. The predicted octanol–water partition coefficient (Wildman–Crippen LogP) is 2.83. The fraction of sp³-hybridized carbons (Fsp3) is 0.429. The molecule has 1 fully saturated rings.